The number of carbonyl (C=O) groups excluding carboxylic acids is 1. The Morgan fingerprint density at radius 3 is 2.69 bits per heavy atom. The molecule has 8 nitrogen and oxygen atoms in total. The molecule has 1 aromatic heterocycles. The van der Waals surface area contributed by atoms with Gasteiger partial charge in [-0.05, 0) is 0 Å². The van der Waals surface area contributed by atoms with Crippen LogP contribution >= 0.6 is 10.0 Å². The third-order valence-electron chi connectivity index (χ3n) is 4.33. The number of nitrogens with zero attached hydrogens (tertiary/aromatic N) is 4. The Morgan fingerprint density at radius 1 is 1.46 bits per heavy atom. The van der Waals surface area contributed by atoms with Crippen molar-refractivity contribution >= 4 is 21.8 Å². The van der Waals surface area contributed by atoms with Gasteiger partial charge in [-0.3, -0.25) is 0 Å². The fourth-order valence-electron chi connectivity index (χ4n) is 2.97. The Balaban J connectivity index is 2.35. The van der Waals surface area contributed by atoms with Gasteiger partial charge in [-0.15, -0.1) is 0 Å². The predicted octanol–water partition coefficient (Wildman–Crippen LogP) is -1.28. The van der Waals surface area contributed by atoms with Crippen LogP contribution in [0.2, 0.25) is 0 Å². The number of anilines is 1. The van der Waals surface area contributed by atoms with E-state index in [1.807, 2.05) is 4.90 Å². The summed E-state index contributed by atoms with van der Waals surface area (Å²) < 4.78 is 5.72. The Hall–Kier alpha value is -1.17. The van der Waals surface area contributed by atoms with Crippen molar-refractivity contribution < 1.29 is 39.4 Å². The molecule has 1 N–H and O–H groups in total. The van der Waals surface area contributed by atoms with E-state index in [9.17, 15) is 14.9 Å². The molecule has 0 unspecified atom stereocenters. The molecule has 2 rings (SSSR count). The van der Waals surface area contributed by atoms with Gasteiger partial charge in [0.25, 0.3) is 0 Å². The molecule has 1 aliphatic heterocycles. The number of hydrogen-bond donors (Lipinski definition) is 1. The van der Waals surface area contributed by atoms with Crippen molar-refractivity contribution in [1.82, 2.24) is 9.97 Å². The van der Waals surface area contributed by atoms with Crippen LogP contribution in [0.5, 0.6) is 0 Å². The minimum absolute atomic E-state index is 0.0346. The van der Waals surface area contributed by atoms with E-state index in [0.717, 1.165) is 24.3 Å². The summed E-state index contributed by atoms with van der Waals surface area (Å²) in [6, 6.07) is 0.163. The first-order valence-electron chi connectivity index (χ1n) is 8.47. The molecule has 0 saturated carbocycles. The minimum atomic E-state index is -1.36. The Morgan fingerprint density at radius 2 is 2.12 bits per heavy atom. The summed E-state index contributed by atoms with van der Waals surface area (Å²) in [5, 5.41) is 9.19. The average Bonchev–Trinajstić information content (AvgIpc) is 2.55. The predicted molar refractivity (Wildman–Crippen MR) is 97.1 cm³/mol. The first-order chi connectivity index (χ1) is 12.2. The average molecular weight is 498 g/mol. The molecular weight excluding hydrogens is 471 g/mol. The number of rotatable bonds is 7. The summed E-state index contributed by atoms with van der Waals surface area (Å²) in [6.45, 7) is 3.96. The molecule has 2 heterocycles. The van der Waals surface area contributed by atoms with E-state index in [0.29, 0.717) is 21.8 Å². The van der Waals surface area contributed by atoms with Gasteiger partial charge >= 0.3 is 166 Å². The van der Waals surface area contributed by atoms with Crippen LogP contribution < -0.4 is 26.4 Å². The number of carbonyl (C=O) groups is 1. The van der Waals surface area contributed by atoms with Crippen LogP contribution in [-0.2, 0) is 9.53 Å². The Labute approximate surface area is 166 Å². The molecule has 148 valence electrons. The van der Waals surface area contributed by atoms with Crippen molar-refractivity contribution in [3.63, 3.8) is 0 Å². The zero-order chi connectivity index (χ0) is 19.3. The van der Waals surface area contributed by atoms with Crippen molar-refractivity contribution in [2.45, 2.75) is 32.7 Å². The summed E-state index contributed by atoms with van der Waals surface area (Å²) in [5.41, 5.74) is 0. The molecule has 1 aliphatic rings. The molecule has 0 bridgehead atoms. The molecule has 0 aliphatic carbocycles. The van der Waals surface area contributed by atoms with E-state index in [2.05, 4.69) is 22.5 Å². The maximum atomic E-state index is 12.2. The fraction of sp³-hybridized carbons (Fsp3) is 0.688. The first kappa shape index (κ1) is 21.1. The molecule has 1 aromatic rings. The van der Waals surface area contributed by atoms with Gasteiger partial charge in [-0.2, -0.15) is 0 Å². The number of aromatic nitrogens is 2. The van der Waals surface area contributed by atoms with Gasteiger partial charge in [-0.25, -0.2) is 0 Å². The molecule has 1 saturated heterocycles. The van der Waals surface area contributed by atoms with Gasteiger partial charge in [-0.1, -0.05) is 0 Å². The molecule has 26 heavy (non-hydrogen) atoms. The van der Waals surface area contributed by atoms with Crippen molar-refractivity contribution in [3.8, 4) is 0 Å². The summed E-state index contributed by atoms with van der Waals surface area (Å²) in [4.78, 5) is 34.1. The second-order valence-corrected chi connectivity index (χ2v) is 13.6. The van der Waals surface area contributed by atoms with Gasteiger partial charge in [0, 0.05) is 0 Å². The van der Waals surface area contributed by atoms with Gasteiger partial charge in [0.15, 0.2) is 0 Å². The number of ether oxygens (including phenoxy) is 1. The van der Waals surface area contributed by atoms with Gasteiger partial charge in [0.05, 0.1) is 0 Å². The normalized spacial score (nSPS) is 18.3. The van der Waals surface area contributed by atoms with Crippen LogP contribution in [-0.4, -0.2) is 67.5 Å². The van der Waals surface area contributed by atoms with Crippen LogP contribution in [0, 0.1) is 15.4 Å². The second-order valence-electron chi connectivity index (χ2n) is 6.74. The van der Waals surface area contributed by atoms with E-state index < -0.39 is 31.5 Å². The standard InChI is InChI=1S/C16H27IN4O4S/c1-5-25-15(22)11-20(13-6-8-26(3,4)9-7-13)16-14(17-21(23)24)10-18-12(2)19-16/h10,13H,5-9,11H2,1-4H3,(H,23,24). The number of esters is 1. The zero-order valence-corrected chi connectivity index (χ0v) is 18.6. The number of aryl methyl sites for hydroxylation is 1. The fourth-order valence-corrected chi connectivity index (χ4v) is 6.35. The topological polar surface area (TPSA) is 95.6 Å². The van der Waals surface area contributed by atoms with Crippen LogP contribution in [0.3, 0.4) is 0 Å². The van der Waals surface area contributed by atoms with Crippen molar-refractivity contribution in [2.75, 3.05) is 42.1 Å². The molecule has 10 heteroatoms. The van der Waals surface area contributed by atoms with Gasteiger partial charge < -0.3 is 0 Å². The van der Waals surface area contributed by atoms with E-state index in [-0.39, 0.29) is 21.7 Å². The quantitative estimate of drug-likeness (QED) is 0.217. The molecule has 1 fully saturated rings. The summed E-state index contributed by atoms with van der Waals surface area (Å²) in [7, 11) is -0.574. The third kappa shape index (κ3) is 5.93. The van der Waals surface area contributed by atoms with Crippen molar-refractivity contribution in [3.05, 3.63) is 20.5 Å². The van der Waals surface area contributed by atoms with Crippen LogP contribution in [0.4, 0.5) is 5.82 Å². The van der Waals surface area contributed by atoms with Crippen LogP contribution in [0.1, 0.15) is 25.6 Å². The van der Waals surface area contributed by atoms with Crippen LogP contribution in [0.25, 0.3) is 0 Å². The van der Waals surface area contributed by atoms with Crippen molar-refractivity contribution in [2.24, 2.45) is 0 Å². The number of halogens is 1. The van der Waals surface area contributed by atoms with Gasteiger partial charge in [0.2, 0.25) is 0 Å². The molecule has 0 spiro atoms. The molecule has 0 atom stereocenters. The van der Waals surface area contributed by atoms with E-state index in [1.165, 1.54) is 0 Å². The van der Waals surface area contributed by atoms with E-state index >= 15 is 0 Å². The zero-order valence-electron chi connectivity index (χ0n) is 15.6. The molecule has 0 aromatic carbocycles. The Bertz CT molecular complexity index is 664. The van der Waals surface area contributed by atoms with Crippen molar-refractivity contribution in [1.29, 1.82) is 0 Å². The number of hydrogen-bond acceptors (Lipinski definition) is 6. The summed E-state index contributed by atoms with van der Waals surface area (Å²) in [5.74, 6) is 3.11. The summed E-state index contributed by atoms with van der Waals surface area (Å²) >= 11 is -1.36. The first-order valence-corrected chi connectivity index (χ1v) is 13.3. The third-order valence-corrected chi connectivity index (χ3v) is 8.71. The van der Waals surface area contributed by atoms with E-state index in [1.54, 1.807) is 20.0 Å². The second kappa shape index (κ2) is 9.16. The Kier molecular flexibility index (Phi) is 7.44. The van der Waals surface area contributed by atoms with E-state index in [4.69, 9.17) is 4.74 Å². The molecule has 0 radical (unpaired) electrons. The van der Waals surface area contributed by atoms with Crippen LogP contribution in [0.15, 0.2) is 6.20 Å². The summed E-state index contributed by atoms with van der Waals surface area (Å²) in [6.07, 6.45) is 8.21. The monoisotopic (exact) mass is 498 g/mol. The maximum absolute atomic E-state index is 12.2. The SMILES string of the molecule is CCOC(=O)CN(c1nc(C)ncc1[I-][N+](=O)O)C1CCS(C)(C)CC1. The molecule has 0 amide bonds. The van der Waals surface area contributed by atoms with Gasteiger partial charge in [0.1, 0.15) is 0 Å². The molecular formula is C16H27IN4O4S.